The number of hydrogen-bond acceptors (Lipinski definition) is 3. The molecule has 0 aliphatic carbocycles. The molecule has 5 nitrogen and oxygen atoms in total. The van der Waals surface area contributed by atoms with Crippen molar-refractivity contribution in [2.45, 2.75) is 19.6 Å². The van der Waals surface area contributed by atoms with Gasteiger partial charge in [0.05, 0.1) is 16.7 Å². The van der Waals surface area contributed by atoms with E-state index >= 15 is 0 Å². The highest BCUT2D eigenvalue weighted by Crippen LogP contribution is 2.31. The summed E-state index contributed by atoms with van der Waals surface area (Å²) < 4.78 is 40.5. The van der Waals surface area contributed by atoms with Crippen LogP contribution in [0.5, 0.6) is 5.75 Å². The van der Waals surface area contributed by atoms with Gasteiger partial charge in [-0.25, -0.2) is 4.98 Å². The summed E-state index contributed by atoms with van der Waals surface area (Å²) in [6.07, 6.45) is -4.69. The smallest absolute Gasteiger partial charge is 0.449 e. The summed E-state index contributed by atoms with van der Waals surface area (Å²) in [7, 11) is 0. The SMILES string of the molecule is Cc1ccc(NC(=O)Cn2c(C(F)(F)F)nc3ccccc32)c(O)c1. The Morgan fingerprint density at radius 3 is 2.64 bits per heavy atom. The fraction of sp³-hybridized carbons (Fsp3) is 0.176. The van der Waals surface area contributed by atoms with E-state index in [9.17, 15) is 23.1 Å². The van der Waals surface area contributed by atoms with Crippen LogP contribution in [-0.2, 0) is 17.5 Å². The largest absolute Gasteiger partial charge is 0.506 e. The third kappa shape index (κ3) is 3.42. The van der Waals surface area contributed by atoms with Crippen LogP contribution in [0.4, 0.5) is 18.9 Å². The maximum atomic E-state index is 13.2. The quantitative estimate of drug-likeness (QED) is 0.709. The summed E-state index contributed by atoms with van der Waals surface area (Å²) in [6.45, 7) is 1.18. The van der Waals surface area contributed by atoms with Gasteiger partial charge >= 0.3 is 6.18 Å². The summed E-state index contributed by atoms with van der Waals surface area (Å²) in [6, 6.07) is 10.7. The lowest BCUT2D eigenvalue weighted by atomic mass is 10.2. The average Bonchev–Trinajstić information content (AvgIpc) is 2.89. The fourth-order valence-corrected chi connectivity index (χ4v) is 2.53. The molecule has 1 heterocycles. The molecule has 0 bridgehead atoms. The van der Waals surface area contributed by atoms with Crippen LogP contribution < -0.4 is 5.32 Å². The summed E-state index contributed by atoms with van der Waals surface area (Å²) in [4.78, 5) is 15.8. The lowest BCUT2D eigenvalue weighted by Gasteiger charge is -2.12. The van der Waals surface area contributed by atoms with E-state index in [2.05, 4.69) is 10.3 Å². The monoisotopic (exact) mass is 349 g/mol. The molecule has 3 aromatic rings. The molecule has 0 saturated carbocycles. The van der Waals surface area contributed by atoms with Gasteiger partial charge < -0.3 is 15.0 Å². The number of alkyl halides is 3. The van der Waals surface area contributed by atoms with Crippen molar-refractivity contribution in [2.24, 2.45) is 0 Å². The number of phenols is 1. The third-order valence-electron chi connectivity index (χ3n) is 3.64. The first-order chi connectivity index (χ1) is 11.8. The van der Waals surface area contributed by atoms with Crippen LogP contribution in [0.1, 0.15) is 11.4 Å². The zero-order chi connectivity index (χ0) is 18.2. The number of aromatic nitrogens is 2. The number of fused-ring (bicyclic) bond motifs is 1. The average molecular weight is 349 g/mol. The Balaban J connectivity index is 1.93. The molecule has 1 aromatic heterocycles. The van der Waals surface area contributed by atoms with E-state index < -0.39 is 24.5 Å². The predicted octanol–water partition coefficient (Wildman–Crippen LogP) is 3.71. The van der Waals surface area contributed by atoms with Gasteiger partial charge in [0, 0.05) is 0 Å². The Morgan fingerprint density at radius 2 is 1.96 bits per heavy atom. The molecule has 8 heteroatoms. The van der Waals surface area contributed by atoms with Crippen molar-refractivity contribution in [2.75, 3.05) is 5.32 Å². The van der Waals surface area contributed by atoms with Gasteiger partial charge in [-0.05, 0) is 36.8 Å². The number of aryl methyl sites for hydroxylation is 1. The number of carbonyl (C=O) groups is 1. The second kappa shape index (κ2) is 6.12. The maximum absolute atomic E-state index is 13.2. The van der Waals surface area contributed by atoms with Gasteiger partial charge in [-0.3, -0.25) is 4.79 Å². The van der Waals surface area contributed by atoms with E-state index in [0.29, 0.717) is 0 Å². The molecule has 2 aromatic carbocycles. The van der Waals surface area contributed by atoms with Crippen LogP contribution in [0.3, 0.4) is 0 Å². The highest BCUT2D eigenvalue weighted by Gasteiger charge is 2.38. The highest BCUT2D eigenvalue weighted by atomic mass is 19.4. The summed E-state index contributed by atoms with van der Waals surface area (Å²) >= 11 is 0. The molecular formula is C17H14F3N3O2. The second-order valence-electron chi connectivity index (χ2n) is 5.58. The Morgan fingerprint density at radius 1 is 1.24 bits per heavy atom. The molecule has 0 spiro atoms. The number of rotatable bonds is 3. The Hall–Kier alpha value is -3.03. The van der Waals surface area contributed by atoms with Gasteiger partial charge in [0.1, 0.15) is 12.3 Å². The number of nitrogens with zero attached hydrogens (tertiary/aromatic N) is 2. The first kappa shape index (κ1) is 16.8. The van der Waals surface area contributed by atoms with E-state index in [1.165, 1.54) is 24.3 Å². The standard InChI is InChI=1S/C17H14F3N3O2/c1-10-6-7-12(14(24)8-10)21-15(25)9-23-13-5-3-2-4-11(13)22-16(23)17(18,19)20/h2-8,24H,9H2,1H3,(H,21,25). The molecule has 0 atom stereocenters. The van der Waals surface area contributed by atoms with Crippen LogP contribution in [0, 0.1) is 6.92 Å². The minimum Gasteiger partial charge on any atom is -0.506 e. The maximum Gasteiger partial charge on any atom is 0.449 e. The van der Waals surface area contributed by atoms with E-state index in [0.717, 1.165) is 10.1 Å². The molecule has 0 saturated heterocycles. The van der Waals surface area contributed by atoms with Crippen LogP contribution in [0.15, 0.2) is 42.5 Å². The fourth-order valence-electron chi connectivity index (χ4n) is 2.53. The van der Waals surface area contributed by atoms with Gasteiger partial charge in [0.25, 0.3) is 0 Å². The molecular weight excluding hydrogens is 335 g/mol. The predicted molar refractivity (Wildman–Crippen MR) is 86.2 cm³/mol. The first-order valence-corrected chi connectivity index (χ1v) is 7.37. The third-order valence-corrected chi connectivity index (χ3v) is 3.64. The molecule has 0 unspecified atom stereocenters. The van der Waals surface area contributed by atoms with Gasteiger partial charge in [-0.1, -0.05) is 18.2 Å². The number of benzene rings is 2. The van der Waals surface area contributed by atoms with Crippen molar-refractivity contribution in [3.63, 3.8) is 0 Å². The van der Waals surface area contributed by atoms with Crippen molar-refractivity contribution >= 4 is 22.6 Å². The number of nitrogens with one attached hydrogen (secondary N) is 1. The molecule has 0 aliphatic heterocycles. The molecule has 3 rings (SSSR count). The zero-order valence-electron chi connectivity index (χ0n) is 13.1. The van der Waals surface area contributed by atoms with Crippen molar-refractivity contribution in [3.8, 4) is 5.75 Å². The molecule has 25 heavy (non-hydrogen) atoms. The number of amides is 1. The Labute approximate surface area is 140 Å². The van der Waals surface area contributed by atoms with Crippen LogP contribution in [-0.4, -0.2) is 20.6 Å². The first-order valence-electron chi connectivity index (χ1n) is 7.37. The molecule has 0 radical (unpaired) electrons. The highest BCUT2D eigenvalue weighted by molar-refractivity contribution is 5.93. The number of halogens is 3. The normalized spacial score (nSPS) is 11.7. The van der Waals surface area contributed by atoms with Gasteiger partial charge in [-0.15, -0.1) is 0 Å². The minimum atomic E-state index is -4.69. The van der Waals surface area contributed by atoms with Crippen LogP contribution >= 0.6 is 0 Å². The van der Waals surface area contributed by atoms with E-state index in [1.807, 2.05) is 0 Å². The number of carbonyl (C=O) groups excluding carboxylic acids is 1. The van der Waals surface area contributed by atoms with Crippen molar-refractivity contribution in [1.82, 2.24) is 9.55 Å². The molecule has 0 aliphatic rings. The number of anilines is 1. The summed E-state index contributed by atoms with van der Waals surface area (Å²) in [5.74, 6) is -2.00. The second-order valence-corrected chi connectivity index (χ2v) is 5.58. The lowest BCUT2D eigenvalue weighted by molar-refractivity contribution is -0.147. The zero-order valence-corrected chi connectivity index (χ0v) is 13.1. The van der Waals surface area contributed by atoms with Crippen LogP contribution in [0.25, 0.3) is 11.0 Å². The topological polar surface area (TPSA) is 67.2 Å². The van der Waals surface area contributed by atoms with Crippen molar-refractivity contribution in [1.29, 1.82) is 0 Å². The number of hydrogen-bond donors (Lipinski definition) is 2. The Kier molecular flexibility index (Phi) is 4.12. The van der Waals surface area contributed by atoms with E-state index in [-0.39, 0.29) is 22.5 Å². The van der Waals surface area contributed by atoms with Gasteiger partial charge in [-0.2, -0.15) is 13.2 Å². The Bertz CT molecular complexity index is 948. The number of aromatic hydroxyl groups is 1. The molecule has 0 fully saturated rings. The number of imidazole rings is 1. The summed E-state index contributed by atoms with van der Waals surface area (Å²) in [5.41, 5.74) is 1.28. The van der Waals surface area contributed by atoms with Gasteiger partial charge in [0.15, 0.2) is 0 Å². The number of para-hydroxylation sites is 2. The lowest BCUT2D eigenvalue weighted by Crippen LogP contribution is -2.23. The van der Waals surface area contributed by atoms with Gasteiger partial charge in [0.2, 0.25) is 11.7 Å². The molecule has 1 amide bonds. The van der Waals surface area contributed by atoms with E-state index in [1.54, 1.807) is 25.1 Å². The van der Waals surface area contributed by atoms with Crippen molar-refractivity contribution < 1.29 is 23.1 Å². The van der Waals surface area contributed by atoms with E-state index in [4.69, 9.17) is 0 Å². The molecule has 130 valence electrons. The van der Waals surface area contributed by atoms with Crippen LogP contribution in [0.2, 0.25) is 0 Å². The summed E-state index contributed by atoms with van der Waals surface area (Å²) in [5, 5.41) is 12.2. The minimum absolute atomic E-state index is 0.133. The molecule has 2 N–H and O–H groups in total. The number of phenolic OH excluding ortho intramolecular Hbond substituents is 1. The van der Waals surface area contributed by atoms with Crippen molar-refractivity contribution in [3.05, 3.63) is 53.9 Å².